The lowest BCUT2D eigenvalue weighted by Crippen LogP contribution is -2.45. The predicted molar refractivity (Wildman–Crippen MR) is 89.6 cm³/mol. The summed E-state index contributed by atoms with van der Waals surface area (Å²) in [6, 6.07) is 3.80. The molecular formula is C17H22N4O2. The van der Waals surface area contributed by atoms with Gasteiger partial charge >= 0.3 is 0 Å². The second kappa shape index (κ2) is 6.12. The van der Waals surface area contributed by atoms with Crippen LogP contribution < -0.4 is 10.9 Å². The average Bonchev–Trinajstić information content (AvgIpc) is 2.52. The van der Waals surface area contributed by atoms with Crippen LogP contribution in [0, 0.1) is 13.8 Å². The fourth-order valence-corrected chi connectivity index (χ4v) is 2.70. The molecule has 2 aromatic rings. The highest BCUT2D eigenvalue weighted by molar-refractivity contribution is 5.56. The van der Waals surface area contributed by atoms with Gasteiger partial charge in [0.25, 0.3) is 5.56 Å². The van der Waals surface area contributed by atoms with E-state index >= 15 is 0 Å². The second-order valence-corrected chi connectivity index (χ2v) is 6.15. The first-order valence-corrected chi connectivity index (χ1v) is 7.86. The number of rotatable bonds is 5. The Balaban J connectivity index is 1.73. The molecule has 6 nitrogen and oxygen atoms in total. The van der Waals surface area contributed by atoms with Gasteiger partial charge in [-0.1, -0.05) is 0 Å². The van der Waals surface area contributed by atoms with Gasteiger partial charge < -0.3 is 15.0 Å². The fourth-order valence-electron chi connectivity index (χ4n) is 2.70. The summed E-state index contributed by atoms with van der Waals surface area (Å²) in [6.45, 7) is 4.36. The van der Waals surface area contributed by atoms with E-state index in [9.17, 15) is 4.79 Å². The van der Waals surface area contributed by atoms with Crippen LogP contribution in [0.5, 0.6) is 0 Å². The minimum absolute atomic E-state index is 0.0405. The number of pyridine rings is 1. The van der Waals surface area contributed by atoms with Crippen molar-refractivity contribution >= 4 is 5.82 Å². The number of H-pyrrole nitrogens is 1. The van der Waals surface area contributed by atoms with Crippen molar-refractivity contribution in [3.63, 3.8) is 0 Å². The number of aromatic nitrogens is 3. The highest BCUT2D eigenvalue weighted by Crippen LogP contribution is 2.34. The zero-order valence-corrected chi connectivity index (χ0v) is 13.8. The number of methoxy groups -OCH3 is 1. The lowest BCUT2D eigenvalue weighted by molar-refractivity contribution is -0.0601. The molecule has 0 spiro atoms. The zero-order valence-electron chi connectivity index (χ0n) is 13.8. The number of aromatic amines is 1. The Morgan fingerprint density at radius 3 is 2.65 bits per heavy atom. The highest BCUT2D eigenvalue weighted by atomic mass is 16.5. The van der Waals surface area contributed by atoms with Gasteiger partial charge in [-0.3, -0.25) is 4.79 Å². The molecule has 0 aliphatic heterocycles. The van der Waals surface area contributed by atoms with Crippen LogP contribution >= 0.6 is 0 Å². The average molecular weight is 314 g/mol. The van der Waals surface area contributed by atoms with E-state index in [1.165, 1.54) is 6.42 Å². The normalized spacial score (nSPS) is 16.0. The number of aryl methyl sites for hydroxylation is 1. The predicted octanol–water partition coefficient (Wildman–Crippen LogP) is 2.43. The molecule has 0 amide bonds. The summed E-state index contributed by atoms with van der Waals surface area (Å²) in [4.78, 5) is 23.5. The maximum Gasteiger partial charge on any atom is 0.254 e. The van der Waals surface area contributed by atoms with Gasteiger partial charge in [0.05, 0.1) is 5.60 Å². The van der Waals surface area contributed by atoms with Crippen LogP contribution in [0.2, 0.25) is 0 Å². The molecule has 2 N–H and O–H groups in total. The molecule has 3 rings (SSSR count). The van der Waals surface area contributed by atoms with Crippen molar-refractivity contribution in [2.24, 2.45) is 0 Å². The van der Waals surface area contributed by atoms with Crippen LogP contribution in [-0.4, -0.2) is 34.2 Å². The van der Waals surface area contributed by atoms with E-state index in [4.69, 9.17) is 4.74 Å². The molecule has 1 aliphatic carbocycles. The molecule has 0 unspecified atom stereocenters. The van der Waals surface area contributed by atoms with E-state index in [-0.39, 0.29) is 11.2 Å². The summed E-state index contributed by atoms with van der Waals surface area (Å²) in [5.41, 5.74) is 2.02. The lowest BCUT2D eigenvalue weighted by atomic mass is 9.80. The standard InChI is InChI=1S/C17H22N4O2/c1-11-12(2)20-15(21-16(11)22)13-5-6-14(18-9-13)19-10-17(23-3)7-4-8-17/h5-6,9H,4,7-8,10H2,1-3H3,(H,18,19)(H,20,21,22). The SMILES string of the molecule is COC1(CNc2ccc(-c3nc(C)c(C)c(=O)[nH]3)cn2)CCC1. The van der Waals surface area contributed by atoms with Crippen molar-refractivity contribution in [2.75, 3.05) is 19.0 Å². The van der Waals surface area contributed by atoms with E-state index in [2.05, 4.69) is 20.3 Å². The molecule has 0 saturated heterocycles. The largest absolute Gasteiger partial charge is 0.376 e. The molecule has 23 heavy (non-hydrogen) atoms. The number of nitrogens with zero attached hydrogens (tertiary/aromatic N) is 2. The summed E-state index contributed by atoms with van der Waals surface area (Å²) >= 11 is 0. The first-order valence-electron chi connectivity index (χ1n) is 7.86. The zero-order chi connectivity index (χ0) is 16.4. The number of nitrogens with one attached hydrogen (secondary N) is 2. The summed E-state index contributed by atoms with van der Waals surface area (Å²) in [5, 5.41) is 3.32. The van der Waals surface area contributed by atoms with Crippen LogP contribution in [0.15, 0.2) is 23.1 Å². The number of ether oxygens (including phenoxy) is 1. The van der Waals surface area contributed by atoms with Gasteiger partial charge in [0.1, 0.15) is 11.6 Å². The maximum absolute atomic E-state index is 11.8. The van der Waals surface area contributed by atoms with Gasteiger partial charge in [0.15, 0.2) is 0 Å². The molecule has 2 heterocycles. The Bertz CT molecular complexity index is 743. The number of hydrogen-bond donors (Lipinski definition) is 2. The van der Waals surface area contributed by atoms with Crippen molar-refractivity contribution in [1.82, 2.24) is 15.0 Å². The molecule has 0 radical (unpaired) electrons. The quantitative estimate of drug-likeness (QED) is 0.886. The molecule has 1 saturated carbocycles. The maximum atomic E-state index is 11.8. The third-order valence-electron chi connectivity index (χ3n) is 4.72. The Kier molecular flexibility index (Phi) is 4.17. The molecule has 0 atom stereocenters. The molecule has 2 aromatic heterocycles. The summed E-state index contributed by atoms with van der Waals surface area (Å²) in [6.07, 6.45) is 5.11. The van der Waals surface area contributed by atoms with E-state index in [1.807, 2.05) is 19.1 Å². The lowest BCUT2D eigenvalue weighted by Gasteiger charge is -2.40. The van der Waals surface area contributed by atoms with Crippen molar-refractivity contribution < 1.29 is 4.74 Å². The van der Waals surface area contributed by atoms with Crippen LogP contribution in [0.4, 0.5) is 5.82 Å². The molecule has 122 valence electrons. The van der Waals surface area contributed by atoms with Crippen molar-refractivity contribution in [1.29, 1.82) is 0 Å². The third-order valence-corrected chi connectivity index (χ3v) is 4.72. The Morgan fingerprint density at radius 2 is 2.13 bits per heavy atom. The molecule has 6 heteroatoms. The van der Waals surface area contributed by atoms with Gasteiger partial charge in [0, 0.05) is 36.7 Å². The van der Waals surface area contributed by atoms with Crippen molar-refractivity contribution in [3.8, 4) is 11.4 Å². The first-order chi connectivity index (χ1) is 11.0. The Hall–Kier alpha value is -2.21. The Morgan fingerprint density at radius 1 is 1.35 bits per heavy atom. The highest BCUT2D eigenvalue weighted by Gasteiger charge is 2.36. The summed E-state index contributed by atoms with van der Waals surface area (Å²) < 4.78 is 5.59. The topological polar surface area (TPSA) is 79.9 Å². The van der Waals surface area contributed by atoms with E-state index in [0.717, 1.165) is 36.5 Å². The number of anilines is 1. The monoisotopic (exact) mass is 314 g/mol. The van der Waals surface area contributed by atoms with Gasteiger partial charge in [-0.25, -0.2) is 9.97 Å². The number of hydrogen-bond acceptors (Lipinski definition) is 5. The molecular weight excluding hydrogens is 292 g/mol. The van der Waals surface area contributed by atoms with Gasteiger partial charge in [0.2, 0.25) is 0 Å². The van der Waals surface area contributed by atoms with Crippen molar-refractivity contribution in [2.45, 2.75) is 38.7 Å². The van der Waals surface area contributed by atoms with Gasteiger partial charge in [-0.05, 0) is 45.2 Å². The van der Waals surface area contributed by atoms with Crippen LogP contribution in [-0.2, 0) is 4.74 Å². The molecule has 1 fully saturated rings. The van der Waals surface area contributed by atoms with Crippen LogP contribution in [0.3, 0.4) is 0 Å². The third kappa shape index (κ3) is 3.12. The fraction of sp³-hybridized carbons (Fsp3) is 0.471. The second-order valence-electron chi connectivity index (χ2n) is 6.15. The molecule has 0 bridgehead atoms. The minimum Gasteiger partial charge on any atom is -0.376 e. The molecule has 0 aromatic carbocycles. The van der Waals surface area contributed by atoms with Gasteiger partial charge in [-0.2, -0.15) is 0 Å². The van der Waals surface area contributed by atoms with Crippen molar-refractivity contribution in [3.05, 3.63) is 39.9 Å². The van der Waals surface area contributed by atoms with E-state index < -0.39 is 0 Å². The summed E-state index contributed by atoms with van der Waals surface area (Å²) in [5.74, 6) is 1.34. The van der Waals surface area contributed by atoms with Crippen LogP contribution in [0.25, 0.3) is 11.4 Å². The van der Waals surface area contributed by atoms with Gasteiger partial charge in [-0.15, -0.1) is 0 Å². The minimum atomic E-state index is -0.110. The first kappa shape index (κ1) is 15.7. The van der Waals surface area contributed by atoms with Crippen LogP contribution in [0.1, 0.15) is 30.5 Å². The van der Waals surface area contributed by atoms with E-state index in [0.29, 0.717) is 11.4 Å². The Labute approximate surface area is 135 Å². The smallest absolute Gasteiger partial charge is 0.254 e. The molecule has 1 aliphatic rings. The van der Waals surface area contributed by atoms with E-state index in [1.54, 1.807) is 20.2 Å². The summed E-state index contributed by atoms with van der Waals surface area (Å²) in [7, 11) is 1.76.